The summed E-state index contributed by atoms with van der Waals surface area (Å²) < 4.78 is 1.59. The monoisotopic (exact) mass is 367 g/mol. The number of anilines is 2. The average molecular weight is 367 g/mol. The highest BCUT2D eigenvalue weighted by Gasteiger charge is 2.29. The molecule has 0 spiro atoms. The standard InChI is InChI=1S/C20H25N5O2/c1-23-7-6-15(12-19(23)26)14-24-8-10-25(11-9-24)17-4-5-18(21-13-17)22-20(27)16-2-3-16/h4-7,12-13,16H,2-3,8-11,14H2,1H3,(H,21,22,27). The van der Waals surface area contributed by atoms with E-state index in [0.29, 0.717) is 5.82 Å². The zero-order valence-corrected chi connectivity index (χ0v) is 15.6. The molecule has 0 unspecified atom stereocenters. The molecule has 142 valence electrons. The Bertz CT molecular complexity index is 865. The second kappa shape index (κ2) is 7.52. The number of rotatable bonds is 5. The molecule has 2 aliphatic rings. The maximum absolute atomic E-state index is 11.8. The molecule has 3 heterocycles. The largest absolute Gasteiger partial charge is 0.368 e. The lowest BCUT2D eigenvalue weighted by molar-refractivity contribution is -0.117. The van der Waals surface area contributed by atoms with Gasteiger partial charge in [-0.05, 0) is 36.6 Å². The Hall–Kier alpha value is -2.67. The Labute approximate surface area is 158 Å². The SMILES string of the molecule is Cn1ccc(CN2CCN(c3ccc(NC(=O)C4CC4)nc3)CC2)cc1=O. The molecule has 1 amide bonds. The van der Waals surface area contributed by atoms with Gasteiger partial charge in [0.2, 0.25) is 5.91 Å². The van der Waals surface area contributed by atoms with Gasteiger partial charge in [-0.2, -0.15) is 0 Å². The molecule has 0 radical (unpaired) electrons. The minimum atomic E-state index is 0.0334. The van der Waals surface area contributed by atoms with Gasteiger partial charge in [-0.25, -0.2) is 4.98 Å². The quantitative estimate of drug-likeness (QED) is 0.866. The van der Waals surface area contributed by atoms with Crippen LogP contribution in [0, 0.1) is 5.92 Å². The van der Waals surface area contributed by atoms with Crippen molar-refractivity contribution in [2.24, 2.45) is 13.0 Å². The molecule has 1 N–H and O–H groups in total. The molecule has 1 aliphatic carbocycles. The molecule has 0 aromatic carbocycles. The number of hydrogen-bond acceptors (Lipinski definition) is 5. The number of amides is 1. The van der Waals surface area contributed by atoms with E-state index in [1.165, 1.54) is 0 Å². The minimum Gasteiger partial charge on any atom is -0.368 e. The Morgan fingerprint density at radius 2 is 1.96 bits per heavy atom. The molecular weight excluding hydrogens is 342 g/mol. The van der Waals surface area contributed by atoms with Gasteiger partial charge in [-0.1, -0.05) is 0 Å². The van der Waals surface area contributed by atoms with Crippen LogP contribution in [0.2, 0.25) is 0 Å². The summed E-state index contributed by atoms with van der Waals surface area (Å²) >= 11 is 0. The Kier molecular flexibility index (Phi) is 4.94. The maximum atomic E-state index is 11.8. The predicted molar refractivity (Wildman–Crippen MR) is 105 cm³/mol. The van der Waals surface area contributed by atoms with Gasteiger partial charge in [0.05, 0.1) is 11.9 Å². The van der Waals surface area contributed by atoms with Gasteiger partial charge in [0.1, 0.15) is 5.82 Å². The first-order valence-corrected chi connectivity index (χ1v) is 9.48. The van der Waals surface area contributed by atoms with Crippen molar-refractivity contribution in [2.75, 3.05) is 36.4 Å². The lowest BCUT2D eigenvalue weighted by Crippen LogP contribution is -2.46. The van der Waals surface area contributed by atoms with Crippen molar-refractivity contribution < 1.29 is 4.79 Å². The van der Waals surface area contributed by atoms with Crippen LogP contribution in [0.3, 0.4) is 0 Å². The summed E-state index contributed by atoms with van der Waals surface area (Å²) in [5, 5.41) is 2.87. The Morgan fingerprint density at radius 3 is 2.59 bits per heavy atom. The topological polar surface area (TPSA) is 70.5 Å². The van der Waals surface area contributed by atoms with E-state index in [0.717, 1.165) is 56.8 Å². The van der Waals surface area contributed by atoms with E-state index in [4.69, 9.17) is 0 Å². The van der Waals surface area contributed by atoms with Crippen LogP contribution >= 0.6 is 0 Å². The van der Waals surface area contributed by atoms with Crippen LogP contribution in [0.5, 0.6) is 0 Å². The summed E-state index contributed by atoms with van der Waals surface area (Å²) in [5.41, 5.74) is 2.17. The van der Waals surface area contributed by atoms with E-state index >= 15 is 0 Å². The molecule has 2 fully saturated rings. The van der Waals surface area contributed by atoms with Crippen LogP contribution in [0.25, 0.3) is 0 Å². The van der Waals surface area contributed by atoms with Gasteiger partial charge in [0.25, 0.3) is 5.56 Å². The molecule has 1 saturated carbocycles. The van der Waals surface area contributed by atoms with Crippen LogP contribution in [0.4, 0.5) is 11.5 Å². The number of carbonyl (C=O) groups is 1. The molecule has 7 heteroatoms. The van der Waals surface area contributed by atoms with E-state index in [-0.39, 0.29) is 17.4 Å². The molecule has 0 atom stereocenters. The highest BCUT2D eigenvalue weighted by molar-refractivity contribution is 5.93. The number of pyridine rings is 2. The van der Waals surface area contributed by atoms with Gasteiger partial charge in [0.15, 0.2) is 0 Å². The van der Waals surface area contributed by atoms with Crippen LogP contribution < -0.4 is 15.8 Å². The smallest absolute Gasteiger partial charge is 0.250 e. The highest BCUT2D eigenvalue weighted by atomic mass is 16.2. The first-order valence-electron chi connectivity index (χ1n) is 9.48. The summed E-state index contributed by atoms with van der Waals surface area (Å²) in [7, 11) is 1.77. The van der Waals surface area contributed by atoms with E-state index in [1.807, 2.05) is 30.6 Å². The van der Waals surface area contributed by atoms with Crippen molar-refractivity contribution >= 4 is 17.4 Å². The third-order valence-electron chi connectivity index (χ3n) is 5.26. The van der Waals surface area contributed by atoms with Crippen LogP contribution in [0.15, 0.2) is 41.5 Å². The molecule has 2 aromatic rings. The zero-order chi connectivity index (χ0) is 18.8. The predicted octanol–water partition coefficient (Wildman–Crippen LogP) is 1.45. The van der Waals surface area contributed by atoms with Gasteiger partial charge in [-0.15, -0.1) is 0 Å². The Balaban J connectivity index is 1.30. The molecule has 4 rings (SSSR count). The molecule has 27 heavy (non-hydrogen) atoms. The van der Waals surface area contributed by atoms with Crippen molar-refractivity contribution in [3.63, 3.8) is 0 Å². The third-order valence-corrected chi connectivity index (χ3v) is 5.26. The van der Waals surface area contributed by atoms with Gasteiger partial charge in [0, 0.05) is 58.0 Å². The zero-order valence-electron chi connectivity index (χ0n) is 15.6. The number of aryl methyl sites for hydroxylation is 1. The molecule has 7 nitrogen and oxygen atoms in total. The van der Waals surface area contributed by atoms with Crippen LogP contribution in [-0.2, 0) is 18.4 Å². The fourth-order valence-corrected chi connectivity index (χ4v) is 3.33. The van der Waals surface area contributed by atoms with Crippen LogP contribution in [-0.4, -0.2) is 46.5 Å². The van der Waals surface area contributed by atoms with Crippen LogP contribution in [0.1, 0.15) is 18.4 Å². The summed E-state index contributed by atoms with van der Waals surface area (Å²) in [6, 6.07) is 7.62. The summed E-state index contributed by atoms with van der Waals surface area (Å²) in [5.74, 6) is 0.893. The van der Waals surface area contributed by atoms with Crippen molar-refractivity contribution in [2.45, 2.75) is 19.4 Å². The molecule has 2 aromatic heterocycles. The minimum absolute atomic E-state index is 0.0334. The maximum Gasteiger partial charge on any atom is 0.250 e. The summed E-state index contributed by atoms with van der Waals surface area (Å²) in [6.07, 6.45) is 5.64. The highest BCUT2D eigenvalue weighted by Crippen LogP contribution is 2.30. The number of nitrogens with one attached hydrogen (secondary N) is 1. The van der Waals surface area contributed by atoms with E-state index in [1.54, 1.807) is 17.7 Å². The average Bonchev–Trinajstić information content (AvgIpc) is 3.51. The molecule has 1 aliphatic heterocycles. The first-order chi connectivity index (χ1) is 13.1. The van der Waals surface area contributed by atoms with Crippen molar-refractivity contribution in [3.8, 4) is 0 Å². The van der Waals surface area contributed by atoms with Crippen molar-refractivity contribution in [1.29, 1.82) is 0 Å². The summed E-state index contributed by atoms with van der Waals surface area (Å²) in [6.45, 7) is 4.51. The van der Waals surface area contributed by atoms with E-state index in [2.05, 4.69) is 20.1 Å². The lowest BCUT2D eigenvalue weighted by Gasteiger charge is -2.36. The number of nitrogens with zero attached hydrogens (tertiary/aromatic N) is 4. The number of aromatic nitrogens is 2. The number of carbonyl (C=O) groups excluding carboxylic acids is 1. The van der Waals surface area contributed by atoms with Gasteiger partial charge >= 0.3 is 0 Å². The second-order valence-corrected chi connectivity index (χ2v) is 7.41. The normalized spacial score (nSPS) is 17.7. The van der Waals surface area contributed by atoms with Crippen molar-refractivity contribution in [3.05, 3.63) is 52.6 Å². The van der Waals surface area contributed by atoms with E-state index in [9.17, 15) is 9.59 Å². The van der Waals surface area contributed by atoms with Gasteiger partial charge in [-0.3, -0.25) is 14.5 Å². The lowest BCUT2D eigenvalue weighted by atomic mass is 10.2. The Morgan fingerprint density at radius 1 is 1.19 bits per heavy atom. The fourth-order valence-electron chi connectivity index (χ4n) is 3.33. The van der Waals surface area contributed by atoms with Crippen molar-refractivity contribution in [1.82, 2.24) is 14.5 Å². The molecule has 0 bridgehead atoms. The number of hydrogen-bond donors (Lipinski definition) is 1. The van der Waals surface area contributed by atoms with E-state index < -0.39 is 0 Å². The first kappa shape index (κ1) is 17.7. The molecular formula is C20H25N5O2. The number of piperazine rings is 1. The fraction of sp³-hybridized carbons (Fsp3) is 0.450. The van der Waals surface area contributed by atoms with Gasteiger partial charge < -0.3 is 14.8 Å². The molecule has 1 saturated heterocycles. The summed E-state index contributed by atoms with van der Waals surface area (Å²) in [4.78, 5) is 32.6. The third kappa shape index (κ3) is 4.36. The second-order valence-electron chi connectivity index (χ2n) is 7.41.